The molecule has 1 unspecified atom stereocenters. The van der Waals surface area contributed by atoms with Gasteiger partial charge in [-0.25, -0.2) is 4.39 Å². The van der Waals surface area contributed by atoms with Gasteiger partial charge in [0.05, 0.1) is 0 Å². The van der Waals surface area contributed by atoms with Gasteiger partial charge in [-0.15, -0.1) is 0 Å². The maximum atomic E-state index is 13.5. The minimum Gasteiger partial charge on any atom is -0.370 e. The van der Waals surface area contributed by atoms with E-state index in [-0.39, 0.29) is 11.9 Å². The second-order valence-electron chi connectivity index (χ2n) is 5.40. The molecule has 0 aliphatic heterocycles. The van der Waals surface area contributed by atoms with E-state index in [9.17, 15) is 4.39 Å². The van der Waals surface area contributed by atoms with Crippen molar-refractivity contribution >= 4 is 21.6 Å². The Morgan fingerprint density at radius 3 is 2.57 bits per heavy atom. The van der Waals surface area contributed by atoms with Crippen LogP contribution in [-0.4, -0.2) is 13.1 Å². The fourth-order valence-corrected chi connectivity index (χ4v) is 2.81. The number of hydrogen-bond donors (Lipinski definition) is 1. The van der Waals surface area contributed by atoms with Crippen LogP contribution in [0.25, 0.3) is 0 Å². The molecule has 0 saturated carbocycles. The van der Waals surface area contributed by atoms with Crippen molar-refractivity contribution in [1.29, 1.82) is 0 Å². The molecule has 2 N–H and O–H groups in total. The Labute approximate surface area is 133 Å². The molecule has 0 spiro atoms. The van der Waals surface area contributed by atoms with E-state index in [0.29, 0.717) is 6.42 Å². The molecule has 2 aromatic rings. The van der Waals surface area contributed by atoms with Crippen LogP contribution in [0.3, 0.4) is 0 Å². The molecular formula is C17H20BrFN2. The van der Waals surface area contributed by atoms with Gasteiger partial charge in [0.15, 0.2) is 0 Å². The van der Waals surface area contributed by atoms with Crippen LogP contribution in [0.5, 0.6) is 0 Å². The maximum absolute atomic E-state index is 13.5. The van der Waals surface area contributed by atoms with Crippen LogP contribution in [-0.2, 0) is 13.0 Å². The standard InChI is InChI=1S/C17H20BrFN2/c1-12(20)9-14-10-15(19)7-8-17(14)21(2)11-13-5-3-4-6-16(13)18/h3-8,10,12H,9,11,20H2,1-2H3. The highest BCUT2D eigenvalue weighted by molar-refractivity contribution is 9.10. The van der Waals surface area contributed by atoms with Crippen LogP contribution in [0.4, 0.5) is 10.1 Å². The number of anilines is 1. The van der Waals surface area contributed by atoms with Crippen molar-refractivity contribution in [3.8, 4) is 0 Å². The maximum Gasteiger partial charge on any atom is 0.123 e. The molecule has 21 heavy (non-hydrogen) atoms. The Morgan fingerprint density at radius 2 is 1.90 bits per heavy atom. The molecule has 0 fully saturated rings. The Morgan fingerprint density at radius 1 is 1.19 bits per heavy atom. The average Bonchev–Trinajstić information content (AvgIpc) is 2.40. The zero-order chi connectivity index (χ0) is 15.4. The van der Waals surface area contributed by atoms with Gasteiger partial charge in [-0.2, -0.15) is 0 Å². The molecule has 2 rings (SSSR count). The van der Waals surface area contributed by atoms with Gasteiger partial charge in [-0.3, -0.25) is 0 Å². The van der Waals surface area contributed by atoms with Crippen LogP contribution >= 0.6 is 15.9 Å². The van der Waals surface area contributed by atoms with Gasteiger partial charge < -0.3 is 10.6 Å². The van der Waals surface area contributed by atoms with E-state index < -0.39 is 0 Å². The SMILES string of the molecule is CC(N)Cc1cc(F)ccc1N(C)Cc1ccccc1Br. The first-order valence-corrected chi connectivity index (χ1v) is 7.75. The van der Waals surface area contributed by atoms with Crippen molar-refractivity contribution < 1.29 is 4.39 Å². The molecule has 4 heteroatoms. The lowest BCUT2D eigenvalue weighted by Gasteiger charge is -2.24. The molecule has 2 aromatic carbocycles. The first-order valence-electron chi connectivity index (χ1n) is 6.96. The van der Waals surface area contributed by atoms with E-state index >= 15 is 0 Å². The fraction of sp³-hybridized carbons (Fsp3) is 0.294. The average molecular weight is 351 g/mol. The van der Waals surface area contributed by atoms with E-state index in [1.807, 2.05) is 38.2 Å². The zero-order valence-corrected chi connectivity index (χ0v) is 13.9. The quantitative estimate of drug-likeness (QED) is 0.878. The molecule has 2 nitrogen and oxygen atoms in total. The minimum absolute atomic E-state index is 0.00223. The van der Waals surface area contributed by atoms with Gasteiger partial charge in [0.1, 0.15) is 5.82 Å². The molecule has 0 heterocycles. The molecule has 0 bridgehead atoms. The number of halogens is 2. The molecule has 0 saturated heterocycles. The van der Waals surface area contributed by atoms with Gasteiger partial charge in [0.25, 0.3) is 0 Å². The van der Waals surface area contributed by atoms with Crippen molar-refractivity contribution in [1.82, 2.24) is 0 Å². The first kappa shape index (κ1) is 16.0. The third-order valence-electron chi connectivity index (χ3n) is 3.36. The monoisotopic (exact) mass is 350 g/mol. The second-order valence-corrected chi connectivity index (χ2v) is 6.26. The molecule has 1 atom stereocenters. The number of rotatable bonds is 5. The van der Waals surface area contributed by atoms with Crippen molar-refractivity contribution in [3.05, 3.63) is 63.9 Å². The molecule has 0 aliphatic rings. The smallest absolute Gasteiger partial charge is 0.123 e. The summed E-state index contributed by atoms with van der Waals surface area (Å²) in [4.78, 5) is 2.12. The lowest BCUT2D eigenvalue weighted by Crippen LogP contribution is -2.22. The molecule has 0 aromatic heterocycles. The summed E-state index contributed by atoms with van der Waals surface area (Å²) in [6, 6.07) is 13.0. The highest BCUT2D eigenvalue weighted by atomic mass is 79.9. The molecular weight excluding hydrogens is 331 g/mol. The summed E-state index contributed by atoms with van der Waals surface area (Å²) in [5.74, 6) is -0.219. The Balaban J connectivity index is 2.26. The van der Waals surface area contributed by atoms with Crippen molar-refractivity contribution in [2.75, 3.05) is 11.9 Å². The summed E-state index contributed by atoms with van der Waals surface area (Å²) in [6.45, 7) is 2.68. The lowest BCUT2D eigenvalue weighted by molar-refractivity contribution is 0.622. The second kappa shape index (κ2) is 7.05. The van der Waals surface area contributed by atoms with Crippen molar-refractivity contribution in [2.24, 2.45) is 5.73 Å². The highest BCUT2D eigenvalue weighted by Gasteiger charge is 2.12. The predicted molar refractivity (Wildman–Crippen MR) is 90.0 cm³/mol. The van der Waals surface area contributed by atoms with Gasteiger partial charge in [-0.05, 0) is 48.7 Å². The Bertz CT molecular complexity index is 613. The number of hydrogen-bond acceptors (Lipinski definition) is 2. The van der Waals surface area contributed by atoms with Gasteiger partial charge in [0, 0.05) is 29.8 Å². The minimum atomic E-state index is -0.219. The fourth-order valence-electron chi connectivity index (χ4n) is 2.40. The van der Waals surface area contributed by atoms with E-state index in [1.54, 1.807) is 6.07 Å². The zero-order valence-electron chi connectivity index (χ0n) is 12.3. The van der Waals surface area contributed by atoms with Crippen LogP contribution in [0.2, 0.25) is 0 Å². The molecule has 0 amide bonds. The predicted octanol–water partition coefficient (Wildman–Crippen LogP) is 4.11. The molecule has 112 valence electrons. The van der Waals surface area contributed by atoms with Crippen molar-refractivity contribution in [3.63, 3.8) is 0 Å². The summed E-state index contributed by atoms with van der Waals surface area (Å²) >= 11 is 3.56. The number of nitrogens with two attached hydrogens (primary N) is 1. The lowest BCUT2D eigenvalue weighted by atomic mass is 10.0. The Kier molecular flexibility index (Phi) is 5.37. The van der Waals surface area contributed by atoms with Crippen LogP contribution in [0.15, 0.2) is 46.9 Å². The summed E-state index contributed by atoms with van der Waals surface area (Å²) < 4.78 is 14.6. The van der Waals surface area contributed by atoms with E-state index in [2.05, 4.69) is 26.9 Å². The summed E-state index contributed by atoms with van der Waals surface area (Å²) in [5, 5.41) is 0. The van der Waals surface area contributed by atoms with Crippen molar-refractivity contribution in [2.45, 2.75) is 25.9 Å². The molecule has 0 radical (unpaired) electrons. The largest absolute Gasteiger partial charge is 0.370 e. The van der Waals surface area contributed by atoms with Gasteiger partial charge >= 0.3 is 0 Å². The summed E-state index contributed by atoms with van der Waals surface area (Å²) in [5.41, 5.74) is 9.02. The van der Waals surface area contributed by atoms with Crippen LogP contribution in [0.1, 0.15) is 18.1 Å². The normalized spacial score (nSPS) is 12.2. The van der Waals surface area contributed by atoms with Crippen LogP contribution in [0, 0.1) is 5.82 Å². The number of benzene rings is 2. The topological polar surface area (TPSA) is 29.3 Å². The van der Waals surface area contributed by atoms with E-state index in [1.165, 1.54) is 11.6 Å². The highest BCUT2D eigenvalue weighted by Crippen LogP contribution is 2.25. The summed E-state index contributed by atoms with van der Waals surface area (Å²) in [6.07, 6.45) is 0.660. The van der Waals surface area contributed by atoms with E-state index in [4.69, 9.17) is 5.73 Å². The third kappa shape index (κ3) is 4.29. The van der Waals surface area contributed by atoms with E-state index in [0.717, 1.165) is 22.3 Å². The summed E-state index contributed by atoms with van der Waals surface area (Å²) in [7, 11) is 2.01. The molecule has 0 aliphatic carbocycles. The Hall–Kier alpha value is -1.39. The van der Waals surface area contributed by atoms with Crippen LogP contribution < -0.4 is 10.6 Å². The number of nitrogens with zero attached hydrogens (tertiary/aromatic N) is 1. The first-order chi connectivity index (χ1) is 9.97. The third-order valence-corrected chi connectivity index (χ3v) is 4.13. The van der Waals surface area contributed by atoms with Gasteiger partial charge in [-0.1, -0.05) is 34.1 Å². The van der Waals surface area contributed by atoms with Gasteiger partial charge in [0.2, 0.25) is 0 Å².